The van der Waals surface area contributed by atoms with Gasteiger partial charge in [-0.1, -0.05) is 36.4 Å². The molecule has 0 aliphatic carbocycles. The normalized spacial score (nSPS) is 15.5. The molecule has 3 rings (SSSR count). The summed E-state index contributed by atoms with van der Waals surface area (Å²) in [4.78, 5) is 26.0. The van der Waals surface area contributed by atoms with Crippen LogP contribution in [0.2, 0.25) is 0 Å². The van der Waals surface area contributed by atoms with Crippen LogP contribution in [0.1, 0.15) is 33.6 Å². The molecule has 0 atom stereocenters. The molecule has 9 heteroatoms. The van der Waals surface area contributed by atoms with E-state index < -0.39 is 21.7 Å². The minimum Gasteiger partial charge on any atom is -0.444 e. The number of carbonyl (C=O) groups excluding carboxylic acids is 2. The van der Waals surface area contributed by atoms with Gasteiger partial charge in [-0.25, -0.2) is 17.9 Å². The number of sulfonamides is 1. The van der Waals surface area contributed by atoms with Crippen LogP contribution in [0.15, 0.2) is 47.4 Å². The quantitative estimate of drug-likeness (QED) is 0.688. The standard InChI is InChI=1S/C23H31N3O5S/c1-23(2,3)31-22(28)24-16-21(27)26-13-11-17(12-14-26)15-25-32(29,30)20-10-6-8-18-7-4-5-9-19(18)20/h4-10,17,25H,11-16H2,1-3H3,(H,24,28). The average molecular weight is 462 g/mol. The molecule has 1 aliphatic rings. The van der Waals surface area contributed by atoms with E-state index in [1.165, 1.54) is 0 Å². The van der Waals surface area contributed by atoms with Crippen molar-refractivity contribution >= 4 is 32.8 Å². The summed E-state index contributed by atoms with van der Waals surface area (Å²) in [7, 11) is -3.64. The topological polar surface area (TPSA) is 105 Å². The van der Waals surface area contributed by atoms with Crippen molar-refractivity contribution in [2.45, 2.75) is 44.1 Å². The maximum absolute atomic E-state index is 12.9. The first kappa shape index (κ1) is 24.0. The molecule has 1 fully saturated rings. The highest BCUT2D eigenvalue weighted by atomic mass is 32.2. The van der Waals surface area contributed by atoms with Crippen molar-refractivity contribution in [3.63, 3.8) is 0 Å². The number of carbonyl (C=O) groups is 2. The van der Waals surface area contributed by atoms with Crippen molar-refractivity contribution < 1.29 is 22.7 Å². The molecule has 1 aliphatic heterocycles. The number of piperidine rings is 1. The van der Waals surface area contributed by atoms with Crippen LogP contribution < -0.4 is 10.0 Å². The number of hydrogen-bond donors (Lipinski definition) is 2. The molecule has 0 unspecified atom stereocenters. The van der Waals surface area contributed by atoms with Crippen LogP contribution in [-0.2, 0) is 19.6 Å². The Kier molecular flexibility index (Phi) is 7.40. The second-order valence-electron chi connectivity index (χ2n) is 9.01. The Balaban J connectivity index is 1.48. The fourth-order valence-electron chi connectivity index (χ4n) is 3.70. The average Bonchev–Trinajstić information content (AvgIpc) is 2.75. The predicted octanol–water partition coefficient (Wildman–Crippen LogP) is 2.88. The zero-order valence-corrected chi connectivity index (χ0v) is 19.6. The monoisotopic (exact) mass is 461 g/mol. The number of ether oxygens (including phenoxy) is 1. The second kappa shape index (κ2) is 9.87. The zero-order valence-electron chi connectivity index (χ0n) is 18.8. The summed E-state index contributed by atoms with van der Waals surface area (Å²) in [5.74, 6) is -0.0340. The summed E-state index contributed by atoms with van der Waals surface area (Å²) >= 11 is 0. The first-order valence-corrected chi connectivity index (χ1v) is 12.3. The van der Waals surface area contributed by atoms with Gasteiger partial charge in [0.2, 0.25) is 15.9 Å². The number of benzene rings is 2. The maximum Gasteiger partial charge on any atom is 0.408 e. The molecular formula is C23H31N3O5S. The molecule has 2 aromatic rings. The summed E-state index contributed by atoms with van der Waals surface area (Å²) in [6, 6.07) is 12.6. The van der Waals surface area contributed by atoms with Gasteiger partial charge in [0.1, 0.15) is 12.1 Å². The smallest absolute Gasteiger partial charge is 0.408 e. The predicted molar refractivity (Wildman–Crippen MR) is 123 cm³/mol. The number of rotatable bonds is 6. The minimum atomic E-state index is -3.64. The lowest BCUT2D eigenvalue weighted by Gasteiger charge is -2.32. The van der Waals surface area contributed by atoms with E-state index in [4.69, 9.17) is 4.74 Å². The molecule has 2 N–H and O–H groups in total. The Morgan fingerprint density at radius 3 is 2.41 bits per heavy atom. The number of hydrogen-bond acceptors (Lipinski definition) is 5. The number of alkyl carbamates (subject to hydrolysis) is 1. The summed E-state index contributed by atoms with van der Waals surface area (Å²) < 4.78 is 33.6. The van der Waals surface area contributed by atoms with E-state index in [-0.39, 0.29) is 23.3 Å². The fraction of sp³-hybridized carbons (Fsp3) is 0.478. The van der Waals surface area contributed by atoms with E-state index in [1.54, 1.807) is 43.9 Å². The van der Waals surface area contributed by atoms with Gasteiger partial charge in [-0.3, -0.25) is 4.79 Å². The Labute approximate surface area is 189 Å². The first-order chi connectivity index (χ1) is 15.0. The van der Waals surface area contributed by atoms with Gasteiger partial charge >= 0.3 is 6.09 Å². The van der Waals surface area contributed by atoms with Gasteiger partial charge in [0.05, 0.1) is 4.90 Å². The van der Waals surface area contributed by atoms with Crippen LogP contribution in [0.4, 0.5) is 4.79 Å². The molecule has 0 spiro atoms. The Hall–Kier alpha value is -2.65. The SMILES string of the molecule is CC(C)(C)OC(=O)NCC(=O)N1CCC(CNS(=O)(=O)c2cccc3ccccc23)CC1. The lowest BCUT2D eigenvalue weighted by Crippen LogP contribution is -2.46. The molecule has 8 nitrogen and oxygen atoms in total. The van der Waals surface area contributed by atoms with Gasteiger partial charge in [0.15, 0.2) is 0 Å². The van der Waals surface area contributed by atoms with E-state index in [2.05, 4.69) is 10.0 Å². The number of amides is 2. The second-order valence-corrected chi connectivity index (χ2v) is 10.7. The van der Waals surface area contributed by atoms with Gasteiger partial charge in [-0.2, -0.15) is 0 Å². The van der Waals surface area contributed by atoms with Crippen molar-refractivity contribution in [2.75, 3.05) is 26.2 Å². The lowest BCUT2D eigenvalue weighted by molar-refractivity contribution is -0.131. The maximum atomic E-state index is 12.9. The first-order valence-electron chi connectivity index (χ1n) is 10.8. The van der Waals surface area contributed by atoms with E-state index >= 15 is 0 Å². The lowest BCUT2D eigenvalue weighted by atomic mass is 9.97. The van der Waals surface area contributed by atoms with E-state index in [9.17, 15) is 18.0 Å². The van der Waals surface area contributed by atoms with Gasteiger partial charge in [0.25, 0.3) is 0 Å². The summed E-state index contributed by atoms with van der Waals surface area (Å²) in [6.45, 7) is 6.52. The molecular weight excluding hydrogens is 430 g/mol. The Morgan fingerprint density at radius 2 is 1.72 bits per heavy atom. The van der Waals surface area contributed by atoms with Crippen LogP contribution in [0, 0.1) is 5.92 Å². The Bertz CT molecular complexity index is 1070. The number of fused-ring (bicyclic) bond motifs is 1. The van der Waals surface area contributed by atoms with Gasteiger partial charge < -0.3 is 15.0 Å². The molecule has 0 saturated carbocycles. The Morgan fingerprint density at radius 1 is 1.06 bits per heavy atom. The zero-order chi connectivity index (χ0) is 23.4. The third-order valence-corrected chi connectivity index (χ3v) is 6.83. The van der Waals surface area contributed by atoms with Crippen LogP contribution in [0.3, 0.4) is 0 Å². The minimum absolute atomic E-state index is 0.118. The molecule has 174 valence electrons. The fourth-order valence-corrected chi connectivity index (χ4v) is 5.04. The van der Waals surface area contributed by atoms with Crippen LogP contribution in [0.5, 0.6) is 0 Å². The van der Waals surface area contributed by atoms with Crippen molar-refractivity contribution in [2.24, 2.45) is 5.92 Å². The van der Waals surface area contributed by atoms with Gasteiger partial charge in [0, 0.05) is 25.0 Å². The summed E-state index contributed by atoms with van der Waals surface area (Å²) in [5, 5.41) is 4.05. The van der Waals surface area contributed by atoms with Crippen molar-refractivity contribution in [1.82, 2.24) is 14.9 Å². The number of nitrogens with zero attached hydrogens (tertiary/aromatic N) is 1. The molecule has 1 saturated heterocycles. The third-order valence-electron chi connectivity index (χ3n) is 5.35. The van der Waals surface area contributed by atoms with Crippen LogP contribution in [0.25, 0.3) is 10.8 Å². The molecule has 0 radical (unpaired) electrons. The molecule has 2 aromatic carbocycles. The summed E-state index contributed by atoms with van der Waals surface area (Å²) in [6.07, 6.45) is 0.760. The number of nitrogens with one attached hydrogen (secondary N) is 2. The van der Waals surface area contributed by atoms with Crippen LogP contribution >= 0.6 is 0 Å². The number of likely N-dealkylation sites (tertiary alicyclic amines) is 1. The molecule has 0 aromatic heterocycles. The largest absolute Gasteiger partial charge is 0.444 e. The third kappa shape index (κ3) is 6.43. The molecule has 32 heavy (non-hydrogen) atoms. The van der Waals surface area contributed by atoms with Gasteiger partial charge in [-0.05, 0) is 51.0 Å². The van der Waals surface area contributed by atoms with E-state index in [0.717, 1.165) is 5.39 Å². The van der Waals surface area contributed by atoms with Crippen LogP contribution in [-0.4, -0.2) is 57.1 Å². The van der Waals surface area contributed by atoms with Crippen molar-refractivity contribution in [3.8, 4) is 0 Å². The van der Waals surface area contributed by atoms with Gasteiger partial charge in [-0.15, -0.1) is 0 Å². The highest BCUT2D eigenvalue weighted by molar-refractivity contribution is 7.89. The van der Waals surface area contributed by atoms with Crippen molar-refractivity contribution in [3.05, 3.63) is 42.5 Å². The van der Waals surface area contributed by atoms with E-state index in [0.29, 0.717) is 37.9 Å². The molecule has 0 bridgehead atoms. The molecule has 2 amide bonds. The van der Waals surface area contributed by atoms with Crippen molar-refractivity contribution in [1.29, 1.82) is 0 Å². The highest BCUT2D eigenvalue weighted by Crippen LogP contribution is 2.23. The van der Waals surface area contributed by atoms with E-state index in [1.807, 2.05) is 24.3 Å². The summed E-state index contributed by atoms with van der Waals surface area (Å²) in [5.41, 5.74) is -0.620. The highest BCUT2D eigenvalue weighted by Gasteiger charge is 2.25. The molecule has 1 heterocycles.